The first-order chi connectivity index (χ1) is 10.1. The fourth-order valence-corrected chi connectivity index (χ4v) is 3.03. The van der Waals surface area contributed by atoms with Gasteiger partial charge in [-0.15, -0.1) is 0 Å². The number of rotatable bonds is 6. The quantitative estimate of drug-likeness (QED) is 0.855. The van der Waals surface area contributed by atoms with E-state index in [-0.39, 0.29) is 0 Å². The predicted octanol–water partition coefficient (Wildman–Crippen LogP) is 4.10. The van der Waals surface area contributed by atoms with Crippen LogP contribution < -0.4 is 5.32 Å². The van der Waals surface area contributed by atoms with Crippen LogP contribution in [-0.4, -0.2) is 24.5 Å². The summed E-state index contributed by atoms with van der Waals surface area (Å²) < 4.78 is 5.90. The lowest BCUT2D eigenvalue weighted by atomic mass is 10.1. The summed E-state index contributed by atoms with van der Waals surface area (Å²) in [5.74, 6) is 2.86. The van der Waals surface area contributed by atoms with Crippen LogP contribution in [0.4, 0.5) is 0 Å². The molecule has 120 valence electrons. The molecule has 0 aliphatic carbocycles. The minimum atomic E-state index is 0.682. The Morgan fingerprint density at radius 3 is 2.48 bits per heavy atom. The van der Waals surface area contributed by atoms with E-state index in [1.807, 2.05) is 0 Å². The maximum Gasteiger partial charge on any atom is 0.118 e. The van der Waals surface area contributed by atoms with Crippen LogP contribution in [0.1, 0.15) is 63.0 Å². The van der Waals surface area contributed by atoms with Crippen LogP contribution >= 0.6 is 0 Å². The van der Waals surface area contributed by atoms with Crippen molar-refractivity contribution < 1.29 is 4.42 Å². The highest BCUT2D eigenvalue weighted by Gasteiger charge is 2.13. The Kier molecular flexibility index (Phi) is 6.78. The van der Waals surface area contributed by atoms with Gasteiger partial charge in [0.1, 0.15) is 11.5 Å². The van der Waals surface area contributed by atoms with Crippen molar-refractivity contribution >= 4 is 0 Å². The highest BCUT2D eigenvalue weighted by Crippen LogP contribution is 2.19. The summed E-state index contributed by atoms with van der Waals surface area (Å²) in [6, 6.07) is 2.25. The SMILES string of the molecule is Cc1oc(CNCC(C)C)cc1CN1CCCCCCC1. The minimum absolute atomic E-state index is 0.682. The van der Waals surface area contributed by atoms with E-state index < -0.39 is 0 Å². The maximum atomic E-state index is 5.90. The molecule has 3 nitrogen and oxygen atoms in total. The molecule has 1 fully saturated rings. The van der Waals surface area contributed by atoms with Crippen molar-refractivity contribution in [2.45, 2.75) is 66.0 Å². The second-order valence-electron chi connectivity index (χ2n) is 6.86. The van der Waals surface area contributed by atoms with Crippen LogP contribution in [0.3, 0.4) is 0 Å². The van der Waals surface area contributed by atoms with E-state index in [2.05, 4.69) is 37.1 Å². The van der Waals surface area contributed by atoms with Crippen LogP contribution in [0.5, 0.6) is 0 Å². The number of aryl methyl sites for hydroxylation is 1. The Labute approximate surface area is 130 Å². The minimum Gasteiger partial charge on any atom is -0.465 e. The Bertz CT molecular complexity index is 403. The largest absolute Gasteiger partial charge is 0.465 e. The molecule has 1 aromatic rings. The molecule has 2 heterocycles. The van der Waals surface area contributed by atoms with Gasteiger partial charge in [0.25, 0.3) is 0 Å². The molecular formula is C18H32N2O. The van der Waals surface area contributed by atoms with Gasteiger partial charge in [-0.3, -0.25) is 4.90 Å². The molecule has 1 aliphatic rings. The fraction of sp³-hybridized carbons (Fsp3) is 0.778. The van der Waals surface area contributed by atoms with Crippen molar-refractivity contribution in [1.29, 1.82) is 0 Å². The zero-order valence-electron chi connectivity index (χ0n) is 14.1. The summed E-state index contributed by atoms with van der Waals surface area (Å²) in [4.78, 5) is 2.60. The summed E-state index contributed by atoms with van der Waals surface area (Å²) in [6.45, 7) is 12.0. The van der Waals surface area contributed by atoms with E-state index in [1.165, 1.54) is 50.8 Å². The average Bonchev–Trinajstić information content (AvgIpc) is 2.72. The lowest BCUT2D eigenvalue weighted by Gasteiger charge is -2.24. The molecule has 1 aliphatic heterocycles. The second kappa shape index (κ2) is 8.60. The van der Waals surface area contributed by atoms with Gasteiger partial charge in [-0.25, -0.2) is 0 Å². The van der Waals surface area contributed by atoms with Crippen LogP contribution in [0.25, 0.3) is 0 Å². The van der Waals surface area contributed by atoms with Crippen LogP contribution in [0.2, 0.25) is 0 Å². The van der Waals surface area contributed by atoms with E-state index in [9.17, 15) is 0 Å². The van der Waals surface area contributed by atoms with Crippen molar-refractivity contribution in [3.05, 3.63) is 23.2 Å². The standard InChI is InChI=1S/C18H32N2O/c1-15(2)12-19-13-18-11-17(16(3)21-18)14-20-9-7-5-4-6-8-10-20/h11,15,19H,4-10,12-14H2,1-3H3. The predicted molar refractivity (Wildman–Crippen MR) is 88.4 cm³/mol. The van der Waals surface area contributed by atoms with E-state index in [0.717, 1.165) is 31.2 Å². The first kappa shape index (κ1) is 16.6. The van der Waals surface area contributed by atoms with Gasteiger partial charge < -0.3 is 9.73 Å². The highest BCUT2D eigenvalue weighted by atomic mass is 16.3. The number of hydrogen-bond acceptors (Lipinski definition) is 3. The van der Waals surface area contributed by atoms with Crippen LogP contribution in [0, 0.1) is 12.8 Å². The number of nitrogens with one attached hydrogen (secondary N) is 1. The Morgan fingerprint density at radius 1 is 1.14 bits per heavy atom. The second-order valence-corrected chi connectivity index (χ2v) is 6.86. The molecule has 0 atom stereocenters. The third kappa shape index (κ3) is 5.84. The van der Waals surface area contributed by atoms with Gasteiger partial charge >= 0.3 is 0 Å². The number of furan rings is 1. The van der Waals surface area contributed by atoms with Crippen molar-refractivity contribution in [2.24, 2.45) is 5.92 Å². The van der Waals surface area contributed by atoms with Gasteiger partial charge in [0, 0.05) is 12.1 Å². The highest BCUT2D eigenvalue weighted by molar-refractivity contribution is 5.20. The number of nitrogens with zero attached hydrogens (tertiary/aromatic N) is 1. The van der Waals surface area contributed by atoms with E-state index in [4.69, 9.17) is 4.42 Å². The molecule has 1 saturated heterocycles. The summed E-state index contributed by atoms with van der Waals surface area (Å²) >= 11 is 0. The third-order valence-electron chi connectivity index (χ3n) is 4.27. The average molecular weight is 292 g/mol. The molecule has 0 bridgehead atoms. The molecule has 0 spiro atoms. The van der Waals surface area contributed by atoms with Gasteiger partial charge in [-0.05, 0) is 51.4 Å². The zero-order valence-corrected chi connectivity index (χ0v) is 14.1. The van der Waals surface area contributed by atoms with Crippen LogP contribution in [0.15, 0.2) is 10.5 Å². The summed E-state index contributed by atoms with van der Waals surface area (Å²) in [5.41, 5.74) is 1.37. The Morgan fingerprint density at radius 2 is 1.81 bits per heavy atom. The lowest BCUT2D eigenvalue weighted by Crippen LogP contribution is -2.26. The molecule has 1 N–H and O–H groups in total. The van der Waals surface area contributed by atoms with E-state index >= 15 is 0 Å². The van der Waals surface area contributed by atoms with Crippen molar-refractivity contribution in [3.8, 4) is 0 Å². The normalized spacial score (nSPS) is 17.9. The smallest absolute Gasteiger partial charge is 0.118 e. The van der Waals surface area contributed by atoms with Gasteiger partial charge in [0.2, 0.25) is 0 Å². The summed E-state index contributed by atoms with van der Waals surface area (Å²) in [5, 5.41) is 3.46. The molecular weight excluding hydrogens is 260 g/mol. The molecule has 0 unspecified atom stereocenters. The molecule has 1 aromatic heterocycles. The molecule has 0 aromatic carbocycles. The molecule has 0 saturated carbocycles. The topological polar surface area (TPSA) is 28.4 Å². The Balaban J connectivity index is 1.85. The molecule has 0 radical (unpaired) electrons. The molecule has 2 rings (SSSR count). The molecule has 3 heteroatoms. The van der Waals surface area contributed by atoms with Crippen LogP contribution in [-0.2, 0) is 13.1 Å². The van der Waals surface area contributed by atoms with Crippen molar-refractivity contribution in [1.82, 2.24) is 10.2 Å². The van der Waals surface area contributed by atoms with Gasteiger partial charge in [-0.1, -0.05) is 33.1 Å². The van der Waals surface area contributed by atoms with Gasteiger partial charge in [0.15, 0.2) is 0 Å². The van der Waals surface area contributed by atoms with E-state index in [1.54, 1.807) is 0 Å². The number of hydrogen-bond donors (Lipinski definition) is 1. The third-order valence-corrected chi connectivity index (χ3v) is 4.27. The van der Waals surface area contributed by atoms with Crippen molar-refractivity contribution in [2.75, 3.05) is 19.6 Å². The first-order valence-corrected chi connectivity index (χ1v) is 8.66. The van der Waals surface area contributed by atoms with E-state index in [0.29, 0.717) is 5.92 Å². The number of likely N-dealkylation sites (tertiary alicyclic amines) is 1. The lowest BCUT2D eigenvalue weighted by molar-refractivity contribution is 0.238. The zero-order chi connectivity index (χ0) is 15.1. The fourth-order valence-electron chi connectivity index (χ4n) is 3.03. The van der Waals surface area contributed by atoms with Gasteiger partial charge in [-0.2, -0.15) is 0 Å². The summed E-state index contributed by atoms with van der Waals surface area (Å²) in [6.07, 6.45) is 6.90. The first-order valence-electron chi connectivity index (χ1n) is 8.66. The molecule has 21 heavy (non-hydrogen) atoms. The monoisotopic (exact) mass is 292 g/mol. The summed E-state index contributed by atoms with van der Waals surface area (Å²) in [7, 11) is 0. The maximum absolute atomic E-state index is 5.90. The molecule has 0 amide bonds. The Hall–Kier alpha value is -0.800. The van der Waals surface area contributed by atoms with Crippen molar-refractivity contribution in [3.63, 3.8) is 0 Å². The van der Waals surface area contributed by atoms with Gasteiger partial charge in [0.05, 0.1) is 6.54 Å².